The molecular weight excluding hydrogens is 484 g/mol. The van der Waals surface area contributed by atoms with Crippen LogP contribution in [0.3, 0.4) is 0 Å². The lowest BCUT2D eigenvalue weighted by atomic mass is 9.90. The smallest absolute Gasteiger partial charge is 0.276 e. The van der Waals surface area contributed by atoms with Crippen LogP contribution in [-0.4, -0.2) is 44.1 Å². The van der Waals surface area contributed by atoms with Crippen molar-refractivity contribution in [3.63, 3.8) is 0 Å². The maximum Gasteiger partial charge on any atom is 0.276 e. The molecule has 198 valence electrons. The molecule has 0 bridgehead atoms. The Bertz CT molecular complexity index is 1450. The number of nitrogens with one attached hydrogen (secondary N) is 2. The Kier molecular flexibility index (Phi) is 7.59. The van der Waals surface area contributed by atoms with Gasteiger partial charge >= 0.3 is 0 Å². The number of rotatable bonds is 7. The molecule has 1 saturated heterocycles. The number of carbonyl (C=O) groups is 1. The van der Waals surface area contributed by atoms with Crippen molar-refractivity contribution < 1.29 is 4.79 Å². The minimum Gasteiger partial charge on any atom is -0.319 e. The van der Waals surface area contributed by atoms with Crippen LogP contribution in [0.2, 0.25) is 0 Å². The predicted octanol–water partition coefficient (Wildman–Crippen LogP) is 5.60. The summed E-state index contributed by atoms with van der Waals surface area (Å²) in [4.78, 5) is 24.9. The molecule has 4 heterocycles. The van der Waals surface area contributed by atoms with E-state index in [1.54, 1.807) is 6.20 Å². The number of hydrogen-bond donors (Lipinski definition) is 2. The molecule has 3 aromatic heterocycles. The quantitative estimate of drug-likeness (QED) is 0.333. The number of pyridine rings is 2. The number of benzene rings is 1. The lowest BCUT2D eigenvalue weighted by Crippen LogP contribution is -2.24. The number of nitrogens with zero attached hydrogens (tertiary/aromatic N) is 4. The first-order valence-electron chi connectivity index (χ1n) is 13.9. The summed E-state index contributed by atoms with van der Waals surface area (Å²) in [6.45, 7) is 3.26. The summed E-state index contributed by atoms with van der Waals surface area (Å²) in [5.74, 6) is -0.223. The maximum atomic E-state index is 13.2. The van der Waals surface area contributed by atoms with Crippen molar-refractivity contribution in [3.05, 3.63) is 113 Å². The van der Waals surface area contributed by atoms with Crippen LogP contribution in [0.1, 0.15) is 69.8 Å². The van der Waals surface area contributed by atoms with Gasteiger partial charge in [0, 0.05) is 55.2 Å². The molecule has 0 saturated carbocycles. The van der Waals surface area contributed by atoms with Gasteiger partial charge in [-0.25, -0.2) is 0 Å². The minimum atomic E-state index is -0.223. The van der Waals surface area contributed by atoms with E-state index >= 15 is 0 Å². The Hall–Kier alpha value is -4.10. The van der Waals surface area contributed by atoms with E-state index in [0.29, 0.717) is 17.8 Å². The number of hydrogen-bond acceptors (Lipinski definition) is 5. The lowest BCUT2D eigenvalue weighted by molar-refractivity contribution is 0.102. The summed E-state index contributed by atoms with van der Waals surface area (Å²) in [6, 6.07) is 16.3. The van der Waals surface area contributed by atoms with Crippen molar-refractivity contribution in [2.75, 3.05) is 18.4 Å². The molecule has 4 aromatic rings. The van der Waals surface area contributed by atoms with Crippen molar-refractivity contribution in [2.24, 2.45) is 0 Å². The van der Waals surface area contributed by atoms with Crippen molar-refractivity contribution in [3.8, 4) is 0 Å². The second-order valence-electron chi connectivity index (χ2n) is 10.6. The molecule has 7 nitrogen and oxygen atoms in total. The zero-order valence-corrected chi connectivity index (χ0v) is 22.2. The highest BCUT2D eigenvalue weighted by atomic mass is 16.2. The largest absolute Gasteiger partial charge is 0.319 e. The van der Waals surface area contributed by atoms with Gasteiger partial charge in [-0.1, -0.05) is 49.2 Å². The summed E-state index contributed by atoms with van der Waals surface area (Å²) in [5, 5.41) is 10.4. The van der Waals surface area contributed by atoms with Gasteiger partial charge in [0.2, 0.25) is 0 Å². The third-order valence-corrected chi connectivity index (χ3v) is 7.67. The van der Waals surface area contributed by atoms with Gasteiger partial charge < -0.3 is 5.32 Å². The van der Waals surface area contributed by atoms with Crippen LogP contribution in [0, 0.1) is 0 Å². The fourth-order valence-electron chi connectivity index (χ4n) is 5.56. The summed E-state index contributed by atoms with van der Waals surface area (Å²) in [5.41, 5.74) is 8.77. The number of aromatic nitrogens is 4. The summed E-state index contributed by atoms with van der Waals surface area (Å²) in [7, 11) is 0. The summed E-state index contributed by atoms with van der Waals surface area (Å²) < 4.78 is 0. The van der Waals surface area contributed by atoms with E-state index in [1.807, 2.05) is 42.7 Å². The second kappa shape index (κ2) is 11.7. The number of amides is 1. The predicted molar refractivity (Wildman–Crippen MR) is 153 cm³/mol. The third kappa shape index (κ3) is 6.15. The monoisotopic (exact) mass is 518 g/mol. The van der Waals surface area contributed by atoms with Gasteiger partial charge in [0.15, 0.2) is 5.69 Å². The molecule has 0 spiro atoms. The number of anilines is 1. The number of likely N-dealkylation sites (tertiary alicyclic amines) is 1. The van der Waals surface area contributed by atoms with E-state index in [9.17, 15) is 4.79 Å². The molecule has 6 rings (SSSR count). The molecule has 0 atom stereocenters. The molecule has 0 unspecified atom stereocenters. The molecule has 0 radical (unpaired) electrons. The van der Waals surface area contributed by atoms with E-state index < -0.39 is 0 Å². The fourth-order valence-corrected chi connectivity index (χ4v) is 5.56. The molecule has 1 aromatic carbocycles. The van der Waals surface area contributed by atoms with Crippen molar-refractivity contribution >= 4 is 17.2 Å². The first kappa shape index (κ1) is 25.2. The van der Waals surface area contributed by atoms with Crippen molar-refractivity contribution in [1.82, 2.24) is 25.1 Å². The maximum absolute atomic E-state index is 13.2. The molecule has 1 aliphatic heterocycles. The first-order valence-corrected chi connectivity index (χ1v) is 13.9. The van der Waals surface area contributed by atoms with Gasteiger partial charge in [-0.3, -0.25) is 24.8 Å². The molecule has 39 heavy (non-hydrogen) atoms. The Balaban J connectivity index is 1.12. The zero-order chi connectivity index (χ0) is 26.4. The first-order chi connectivity index (χ1) is 19.2. The summed E-state index contributed by atoms with van der Waals surface area (Å²) >= 11 is 0. The fraction of sp³-hybridized carbons (Fsp3) is 0.312. The van der Waals surface area contributed by atoms with Gasteiger partial charge in [-0.15, -0.1) is 0 Å². The SMILES string of the molecule is O=C(Nc1ccc(Cc2ccccc2)nc1)c1n[nH]c2c1CC(c1cncc(CN3CCCCCC3)c1)=CC2. The molecule has 1 amide bonds. The summed E-state index contributed by atoms with van der Waals surface area (Å²) in [6.07, 6.45) is 15.2. The van der Waals surface area contributed by atoms with E-state index in [0.717, 1.165) is 55.0 Å². The normalized spacial score (nSPS) is 15.7. The van der Waals surface area contributed by atoms with Gasteiger partial charge in [0.1, 0.15) is 0 Å². The number of H-pyrrole nitrogens is 1. The standard InChI is InChI=1S/C32H34N6O/c39-32(35-28-12-11-27(34-21-28)17-23-8-4-3-5-9-23)31-29-18-25(10-13-30(29)36-37-31)26-16-24(19-33-20-26)22-38-14-6-1-2-7-15-38/h3-5,8-12,16,19-21H,1-2,6-7,13-15,17-18,22H2,(H,35,39)(H,36,37). The van der Waals surface area contributed by atoms with Crippen molar-refractivity contribution in [2.45, 2.75) is 51.5 Å². The minimum absolute atomic E-state index is 0.223. The van der Waals surface area contributed by atoms with Crippen LogP contribution in [0.4, 0.5) is 5.69 Å². The third-order valence-electron chi connectivity index (χ3n) is 7.67. The van der Waals surface area contributed by atoms with Crippen LogP contribution < -0.4 is 5.32 Å². The van der Waals surface area contributed by atoms with Crippen molar-refractivity contribution in [1.29, 1.82) is 0 Å². The number of aromatic amines is 1. The Morgan fingerprint density at radius 1 is 0.949 bits per heavy atom. The van der Waals surface area contributed by atoms with Crippen LogP contribution in [0.5, 0.6) is 0 Å². The van der Waals surface area contributed by atoms with Crippen LogP contribution in [-0.2, 0) is 25.8 Å². The molecular formula is C32H34N6O. The molecule has 7 heteroatoms. The Morgan fingerprint density at radius 3 is 2.59 bits per heavy atom. The highest BCUT2D eigenvalue weighted by molar-refractivity contribution is 6.04. The Labute approximate surface area is 229 Å². The van der Waals surface area contributed by atoms with Gasteiger partial charge in [0.05, 0.1) is 11.9 Å². The number of allylic oxidation sites excluding steroid dienone is 2. The molecule has 1 fully saturated rings. The Morgan fingerprint density at radius 2 is 1.79 bits per heavy atom. The molecule has 2 N–H and O–H groups in total. The zero-order valence-electron chi connectivity index (χ0n) is 22.2. The second-order valence-corrected chi connectivity index (χ2v) is 10.6. The topological polar surface area (TPSA) is 86.8 Å². The van der Waals surface area contributed by atoms with Gasteiger partial charge in [0.25, 0.3) is 5.91 Å². The van der Waals surface area contributed by atoms with E-state index in [4.69, 9.17) is 0 Å². The number of carbonyl (C=O) groups excluding carboxylic acids is 1. The van der Waals surface area contributed by atoms with E-state index in [-0.39, 0.29) is 5.91 Å². The molecule has 2 aliphatic rings. The highest BCUT2D eigenvalue weighted by Gasteiger charge is 2.24. The molecule has 1 aliphatic carbocycles. The van der Waals surface area contributed by atoms with E-state index in [1.165, 1.54) is 42.4 Å². The van der Waals surface area contributed by atoms with Crippen LogP contribution in [0.15, 0.2) is 73.2 Å². The van der Waals surface area contributed by atoms with Crippen LogP contribution >= 0.6 is 0 Å². The van der Waals surface area contributed by atoms with Gasteiger partial charge in [-0.05, 0) is 66.4 Å². The van der Waals surface area contributed by atoms with Gasteiger partial charge in [-0.2, -0.15) is 5.10 Å². The average Bonchev–Trinajstić information content (AvgIpc) is 3.23. The van der Waals surface area contributed by atoms with Crippen LogP contribution in [0.25, 0.3) is 5.57 Å². The highest BCUT2D eigenvalue weighted by Crippen LogP contribution is 2.29. The average molecular weight is 519 g/mol. The number of fused-ring (bicyclic) bond motifs is 1. The van der Waals surface area contributed by atoms with E-state index in [2.05, 4.69) is 54.7 Å². The lowest BCUT2D eigenvalue weighted by Gasteiger charge is -2.20.